The van der Waals surface area contributed by atoms with Crippen molar-refractivity contribution in [3.05, 3.63) is 63.0 Å². The Kier molecular flexibility index (Phi) is 10.3. The van der Waals surface area contributed by atoms with Gasteiger partial charge in [-0.15, -0.1) is 11.3 Å². The molecule has 1 aromatic carbocycles. The number of amidine groups is 1. The molecule has 1 aromatic heterocycles. The number of aliphatic carboxylic acids is 1. The first-order valence-corrected chi connectivity index (χ1v) is 15.1. The van der Waals surface area contributed by atoms with Gasteiger partial charge in [0.2, 0.25) is 6.41 Å². The van der Waals surface area contributed by atoms with Crippen LogP contribution in [0.5, 0.6) is 0 Å². The van der Waals surface area contributed by atoms with Gasteiger partial charge in [0, 0.05) is 62.6 Å². The van der Waals surface area contributed by atoms with Crippen molar-refractivity contribution in [3.63, 3.8) is 0 Å². The number of amides is 1. The summed E-state index contributed by atoms with van der Waals surface area (Å²) in [5.41, 5.74) is 0.777. The van der Waals surface area contributed by atoms with Crippen LogP contribution in [0.2, 0.25) is 0 Å². The third-order valence-electron chi connectivity index (χ3n) is 7.88. The molecule has 1 fully saturated rings. The highest BCUT2D eigenvalue weighted by Crippen LogP contribution is 2.35. The summed E-state index contributed by atoms with van der Waals surface area (Å²) in [5.74, 6) is -1.41. The Hall–Kier alpha value is -3.68. The molecule has 4 rings (SSSR count). The van der Waals surface area contributed by atoms with Gasteiger partial charge < -0.3 is 20.1 Å². The predicted molar refractivity (Wildman–Crippen MR) is 161 cm³/mol. The van der Waals surface area contributed by atoms with Crippen LogP contribution < -0.4 is 5.32 Å². The molecule has 11 nitrogen and oxygen atoms in total. The Morgan fingerprint density at radius 2 is 2.09 bits per heavy atom. The second-order valence-corrected chi connectivity index (χ2v) is 12.4. The quantitative estimate of drug-likeness (QED) is 0.274. The molecule has 2 aromatic rings. The molecule has 43 heavy (non-hydrogen) atoms. The van der Waals surface area contributed by atoms with Gasteiger partial charge in [-0.05, 0) is 51.9 Å². The van der Waals surface area contributed by atoms with Crippen LogP contribution in [-0.4, -0.2) is 108 Å². The summed E-state index contributed by atoms with van der Waals surface area (Å²) < 4.78 is 20.2. The molecule has 0 aliphatic carbocycles. The van der Waals surface area contributed by atoms with E-state index in [-0.39, 0.29) is 25.0 Å². The Bertz CT molecular complexity index is 1400. The molecule has 0 spiro atoms. The lowest BCUT2D eigenvalue weighted by Crippen LogP contribution is -2.57. The van der Waals surface area contributed by atoms with Crippen LogP contribution in [0, 0.1) is 18.2 Å². The summed E-state index contributed by atoms with van der Waals surface area (Å²) in [6, 6.07) is 3.87. The van der Waals surface area contributed by atoms with E-state index in [9.17, 15) is 23.9 Å². The molecule has 0 saturated carbocycles. The molecule has 232 valence electrons. The first-order valence-electron chi connectivity index (χ1n) is 14.2. The van der Waals surface area contributed by atoms with Gasteiger partial charge in [-0.1, -0.05) is 12.1 Å². The molecule has 2 aliphatic rings. The molecular formula is C30H39FN6O5S. The Labute approximate surface area is 255 Å². The number of piperazine rings is 1. The highest BCUT2D eigenvalue weighted by atomic mass is 32.1. The normalized spacial score (nSPS) is 19.9. The van der Waals surface area contributed by atoms with E-state index in [0.29, 0.717) is 72.4 Å². The van der Waals surface area contributed by atoms with Gasteiger partial charge in [-0.2, -0.15) is 0 Å². The maximum absolute atomic E-state index is 14.7. The molecule has 0 radical (unpaired) electrons. The van der Waals surface area contributed by atoms with E-state index in [4.69, 9.17) is 9.73 Å². The van der Waals surface area contributed by atoms with Gasteiger partial charge in [0.1, 0.15) is 11.9 Å². The number of halogens is 1. The number of carbonyl (C=O) groups is 3. The molecule has 1 amide bonds. The van der Waals surface area contributed by atoms with Crippen LogP contribution in [0.4, 0.5) is 4.39 Å². The number of thiazole rings is 1. The summed E-state index contributed by atoms with van der Waals surface area (Å²) in [6.45, 7) is 9.47. The lowest BCUT2D eigenvalue weighted by atomic mass is 9.92. The summed E-state index contributed by atoms with van der Waals surface area (Å²) >= 11 is 1.40. The topological polar surface area (TPSA) is 128 Å². The molecular weight excluding hydrogens is 575 g/mol. The summed E-state index contributed by atoms with van der Waals surface area (Å²) in [4.78, 5) is 52.2. The standard InChI is InChI=1S/C30H39FN6O5S/c1-6-42-28(39)24-23(16-36-12-11-35(5)20(14-36)15-37(18-38)17-30(3,4)29(40)41)33-26(27-32-10-13-43-27)34-25(24)21-8-7-9-22(31)19(21)2/h7-10,13,18,20,25H,6,11-12,14-17H2,1-5H3,(H,33,34)(H,40,41)/t20-,25-/m0/s1. The number of nitrogens with one attached hydrogen (secondary N) is 1. The molecule has 1 saturated heterocycles. The largest absolute Gasteiger partial charge is 0.481 e. The first kappa shape index (κ1) is 32.2. The fourth-order valence-corrected chi connectivity index (χ4v) is 5.92. The average Bonchev–Trinajstić information content (AvgIpc) is 3.51. The fraction of sp³-hybridized carbons (Fsp3) is 0.500. The van der Waals surface area contributed by atoms with Crippen molar-refractivity contribution in [1.82, 2.24) is 25.0 Å². The van der Waals surface area contributed by atoms with Gasteiger partial charge in [-0.25, -0.2) is 14.2 Å². The van der Waals surface area contributed by atoms with Crippen molar-refractivity contribution in [2.45, 2.75) is 39.8 Å². The SMILES string of the molecule is CCOC(=O)C1=C(CN2CCN(C)[C@H](CN(C=O)CC(C)(C)C(=O)O)C2)NC(c2nccs2)=N[C@H]1c1cccc(F)c1C. The summed E-state index contributed by atoms with van der Waals surface area (Å²) in [7, 11) is 1.98. The number of carbonyl (C=O) groups excluding carboxylic acids is 2. The molecule has 2 atom stereocenters. The highest BCUT2D eigenvalue weighted by molar-refractivity contribution is 7.11. The Balaban J connectivity index is 1.67. The number of carboxylic acid groups (broad SMARTS) is 1. The van der Waals surface area contributed by atoms with Crippen LogP contribution in [0.25, 0.3) is 0 Å². The lowest BCUT2D eigenvalue weighted by Gasteiger charge is -2.42. The van der Waals surface area contributed by atoms with E-state index >= 15 is 0 Å². The second kappa shape index (κ2) is 13.7. The highest BCUT2D eigenvalue weighted by Gasteiger charge is 2.36. The number of aliphatic imine (C=N–C) groups is 1. The number of benzene rings is 1. The number of rotatable bonds is 12. The maximum atomic E-state index is 14.7. The number of nitrogens with zero attached hydrogens (tertiary/aromatic N) is 5. The van der Waals surface area contributed by atoms with Gasteiger partial charge in [0.05, 0.1) is 17.6 Å². The van der Waals surface area contributed by atoms with E-state index in [1.54, 1.807) is 46.0 Å². The zero-order valence-electron chi connectivity index (χ0n) is 25.2. The average molecular weight is 615 g/mol. The number of aromatic nitrogens is 1. The predicted octanol–water partition coefficient (Wildman–Crippen LogP) is 2.68. The molecule has 13 heteroatoms. The molecule has 2 N–H and O–H groups in total. The minimum absolute atomic E-state index is 0.0767. The summed E-state index contributed by atoms with van der Waals surface area (Å²) in [6.07, 6.45) is 2.37. The van der Waals surface area contributed by atoms with E-state index in [2.05, 4.69) is 20.1 Å². The number of esters is 1. The van der Waals surface area contributed by atoms with Crippen LogP contribution in [0.1, 0.15) is 42.9 Å². The Morgan fingerprint density at radius 3 is 2.74 bits per heavy atom. The zero-order chi connectivity index (χ0) is 31.3. The Morgan fingerprint density at radius 1 is 1.33 bits per heavy atom. The minimum atomic E-state index is -1.09. The first-order chi connectivity index (χ1) is 20.4. The van der Waals surface area contributed by atoms with E-state index in [0.717, 1.165) is 0 Å². The van der Waals surface area contributed by atoms with Crippen molar-refractivity contribution in [3.8, 4) is 0 Å². The van der Waals surface area contributed by atoms with Crippen molar-refractivity contribution >= 4 is 35.5 Å². The van der Waals surface area contributed by atoms with Crippen LogP contribution >= 0.6 is 11.3 Å². The third-order valence-corrected chi connectivity index (χ3v) is 8.65. The van der Waals surface area contributed by atoms with Crippen LogP contribution in [0.15, 0.2) is 46.0 Å². The zero-order valence-corrected chi connectivity index (χ0v) is 26.0. The van der Waals surface area contributed by atoms with Gasteiger partial charge in [0.25, 0.3) is 0 Å². The second-order valence-electron chi connectivity index (χ2n) is 11.5. The molecule has 0 bridgehead atoms. The number of ether oxygens (including phenoxy) is 1. The maximum Gasteiger partial charge on any atom is 0.338 e. The smallest absolute Gasteiger partial charge is 0.338 e. The number of hydrogen-bond acceptors (Lipinski definition) is 10. The summed E-state index contributed by atoms with van der Waals surface area (Å²) in [5, 5.41) is 15.4. The van der Waals surface area contributed by atoms with Crippen LogP contribution in [-0.2, 0) is 19.1 Å². The van der Waals surface area contributed by atoms with E-state index in [1.165, 1.54) is 22.3 Å². The van der Waals surface area contributed by atoms with Gasteiger partial charge in [-0.3, -0.25) is 24.4 Å². The van der Waals surface area contributed by atoms with Crippen molar-refractivity contribution in [2.24, 2.45) is 10.4 Å². The fourth-order valence-electron chi connectivity index (χ4n) is 5.33. The molecule has 2 aliphatic heterocycles. The third kappa shape index (κ3) is 7.46. The minimum Gasteiger partial charge on any atom is -0.481 e. The van der Waals surface area contributed by atoms with Gasteiger partial charge in [0.15, 0.2) is 10.8 Å². The van der Waals surface area contributed by atoms with Crippen molar-refractivity contribution in [2.75, 3.05) is 52.9 Å². The van der Waals surface area contributed by atoms with E-state index in [1.807, 2.05) is 12.4 Å². The van der Waals surface area contributed by atoms with Crippen molar-refractivity contribution in [1.29, 1.82) is 0 Å². The van der Waals surface area contributed by atoms with Gasteiger partial charge >= 0.3 is 11.9 Å². The monoisotopic (exact) mass is 614 g/mol. The van der Waals surface area contributed by atoms with E-state index < -0.39 is 23.4 Å². The number of likely N-dealkylation sites (N-methyl/N-ethyl adjacent to an activating group) is 1. The number of hydrogen-bond donors (Lipinski definition) is 2. The van der Waals surface area contributed by atoms with Crippen LogP contribution in [0.3, 0.4) is 0 Å². The lowest BCUT2D eigenvalue weighted by molar-refractivity contribution is -0.148. The van der Waals surface area contributed by atoms with Crippen molar-refractivity contribution < 1.29 is 28.6 Å². The molecule has 3 heterocycles. The number of carboxylic acids is 1. The molecule has 0 unspecified atom stereocenters.